The largest absolute Gasteiger partial charge is 0.481 e. The van der Waals surface area contributed by atoms with Crippen molar-refractivity contribution in [3.63, 3.8) is 0 Å². The number of carbonyl (C=O) groups is 2. The van der Waals surface area contributed by atoms with E-state index in [-0.39, 0.29) is 6.07 Å². The molecule has 5 nitrogen and oxygen atoms in total. The third-order valence-corrected chi connectivity index (χ3v) is 3.35. The summed E-state index contributed by atoms with van der Waals surface area (Å²) in [5.41, 5.74) is -4.56. The van der Waals surface area contributed by atoms with Crippen LogP contribution in [0, 0.1) is 0 Å². The molecular weight excluding hydrogens is 396 g/mol. The quantitative estimate of drug-likeness (QED) is 0.688. The van der Waals surface area contributed by atoms with E-state index in [0.29, 0.717) is 12.1 Å². The Morgan fingerprint density at radius 3 is 2.07 bits per heavy atom. The number of alkyl halides is 6. The lowest BCUT2D eigenvalue weighted by atomic mass is 9.96. The minimum absolute atomic E-state index is 0.0410. The third kappa shape index (κ3) is 7.65. The zero-order valence-corrected chi connectivity index (χ0v) is 15.2. The number of alkyl carbamates (subject to hydrolysis) is 1. The predicted molar refractivity (Wildman–Crippen MR) is 85.6 cm³/mol. The van der Waals surface area contributed by atoms with E-state index in [2.05, 4.69) is 5.32 Å². The van der Waals surface area contributed by atoms with E-state index in [1.165, 1.54) is 20.8 Å². The average molecular weight is 415 g/mol. The van der Waals surface area contributed by atoms with E-state index >= 15 is 0 Å². The van der Waals surface area contributed by atoms with E-state index in [9.17, 15) is 35.9 Å². The second-order valence-electron chi connectivity index (χ2n) is 7.01. The number of aliphatic carboxylic acids is 1. The van der Waals surface area contributed by atoms with Gasteiger partial charge in [0.25, 0.3) is 0 Å². The van der Waals surface area contributed by atoms with Crippen molar-refractivity contribution in [1.82, 2.24) is 5.32 Å². The molecule has 1 aromatic carbocycles. The van der Waals surface area contributed by atoms with Crippen LogP contribution in [-0.2, 0) is 28.3 Å². The minimum Gasteiger partial charge on any atom is -0.481 e. The van der Waals surface area contributed by atoms with Crippen LogP contribution in [0.4, 0.5) is 31.1 Å². The maximum absolute atomic E-state index is 13.2. The van der Waals surface area contributed by atoms with Gasteiger partial charge in [-0.2, -0.15) is 26.3 Å². The first-order chi connectivity index (χ1) is 12.5. The summed E-state index contributed by atoms with van der Waals surface area (Å²) in [5.74, 6) is -1.42. The molecule has 158 valence electrons. The molecule has 0 aliphatic heterocycles. The fraction of sp³-hybridized carbons (Fsp3) is 0.529. The Morgan fingerprint density at radius 2 is 1.64 bits per heavy atom. The standard InChI is InChI=1S/C17H19F6NO4/c1-15(2,3)28-14(27)24-11(8-13(25)26)6-9-4-5-10(16(18,19)20)7-12(9)17(21,22)23/h4-5,7,11H,6,8H2,1-3H3,(H,24,27)(H,25,26). The molecule has 11 heteroatoms. The van der Waals surface area contributed by atoms with Gasteiger partial charge in [-0.25, -0.2) is 4.79 Å². The second-order valence-corrected chi connectivity index (χ2v) is 7.01. The first kappa shape index (κ1) is 23.6. The number of benzene rings is 1. The zero-order chi connectivity index (χ0) is 21.9. The number of amides is 1. The molecule has 0 aromatic heterocycles. The van der Waals surface area contributed by atoms with Crippen molar-refractivity contribution < 1.29 is 45.8 Å². The van der Waals surface area contributed by atoms with Crippen LogP contribution in [0.15, 0.2) is 18.2 Å². The van der Waals surface area contributed by atoms with Crippen molar-refractivity contribution in [2.75, 3.05) is 0 Å². The molecule has 2 N–H and O–H groups in total. The van der Waals surface area contributed by atoms with E-state index in [0.717, 1.165) is 0 Å². The van der Waals surface area contributed by atoms with Gasteiger partial charge in [0, 0.05) is 6.04 Å². The van der Waals surface area contributed by atoms with Crippen molar-refractivity contribution in [2.45, 2.75) is 57.6 Å². The maximum atomic E-state index is 13.2. The molecule has 1 rings (SSSR count). The zero-order valence-electron chi connectivity index (χ0n) is 15.2. The Balaban J connectivity index is 3.20. The molecule has 1 atom stereocenters. The van der Waals surface area contributed by atoms with E-state index in [4.69, 9.17) is 9.84 Å². The van der Waals surface area contributed by atoms with Gasteiger partial charge in [-0.1, -0.05) is 6.07 Å². The Kier molecular flexibility index (Phi) is 6.97. The van der Waals surface area contributed by atoms with Crippen LogP contribution in [0.25, 0.3) is 0 Å². The summed E-state index contributed by atoms with van der Waals surface area (Å²) in [6, 6.07) is -0.279. The summed E-state index contributed by atoms with van der Waals surface area (Å²) in [7, 11) is 0. The molecule has 0 radical (unpaired) electrons. The van der Waals surface area contributed by atoms with E-state index in [1.54, 1.807) is 0 Å². The van der Waals surface area contributed by atoms with Crippen LogP contribution in [0.1, 0.15) is 43.9 Å². The molecular formula is C17H19F6NO4. The molecule has 0 bridgehead atoms. The number of nitrogens with one attached hydrogen (secondary N) is 1. The molecule has 28 heavy (non-hydrogen) atoms. The summed E-state index contributed by atoms with van der Waals surface area (Å²) in [6.45, 7) is 4.57. The second kappa shape index (κ2) is 8.27. The first-order valence-electron chi connectivity index (χ1n) is 7.97. The fourth-order valence-corrected chi connectivity index (χ4v) is 2.32. The van der Waals surface area contributed by atoms with Crippen LogP contribution in [0.3, 0.4) is 0 Å². The SMILES string of the molecule is CC(C)(C)OC(=O)NC(CC(=O)O)Cc1ccc(C(F)(F)F)cc1C(F)(F)F. The highest BCUT2D eigenvalue weighted by molar-refractivity contribution is 5.71. The lowest BCUT2D eigenvalue weighted by Crippen LogP contribution is -2.41. The van der Waals surface area contributed by atoms with Crippen LogP contribution >= 0.6 is 0 Å². The van der Waals surface area contributed by atoms with Crippen LogP contribution in [0.2, 0.25) is 0 Å². The number of carboxylic acids is 1. The van der Waals surface area contributed by atoms with Gasteiger partial charge in [0.2, 0.25) is 0 Å². The van der Waals surface area contributed by atoms with Gasteiger partial charge in [0.15, 0.2) is 0 Å². The highest BCUT2D eigenvalue weighted by Gasteiger charge is 2.38. The topological polar surface area (TPSA) is 75.6 Å². The van der Waals surface area contributed by atoms with Gasteiger partial charge in [-0.05, 0) is 44.9 Å². The lowest BCUT2D eigenvalue weighted by Gasteiger charge is -2.24. The number of carboxylic acid groups (broad SMARTS) is 1. The minimum atomic E-state index is -5.10. The van der Waals surface area contributed by atoms with Gasteiger partial charge in [0.05, 0.1) is 17.5 Å². The first-order valence-corrected chi connectivity index (χ1v) is 7.97. The molecule has 0 saturated heterocycles. The normalized spacial score (nSPS) is 13.8. The van der Waals surface area contributed by atoms with Crippen molar-refractivity contribution in [3.05, 3.63) is 34.9 Å². The maximum Gasteiger partial charge on any atom is 0.416 e. The average Bonchev–Trinajstić information content (AvgIpc) is 2.42. The summed E-state index contributed by atoms with van der Waals surface area (Å²) < 4.78 is 82.8. The number of hydrogen-bond donors (Lipinski definition) is 2. The van der Waals surface area contributed by atoms with Gasteiger partial charge in [-0.3, -0.25) is 4.79 Å². The Hall–Kier alpha value is -2.46. The smallest absolute Gasteiger partial charge is 0.416 e. The molecule has 0 spiro atoms. The van der Waals surface area contributed by atoms with Gasteiger partial charge in [0.1, 0.15) is 5.60 Å². The van der Waals surface area contributed by atoms with Crippen LogP contribution in [-0.4, -0.2) is 28.8 Å². The van der Waals surface area contributed by atoms with Crippen molar-refractivity contribution >= 4 is 12.1 Å². The van der Waals surface area contributed by atoms with Crippen LogP contribution < -0.4 is 5.32 Å². The highest BCUT2D eigenvalue weighted by atomic mass is 19.4. The number of hydrogen-bond acceptors (Lipinski definition) is 3. The van der Waals surface area contributed by atoms with Gasteiger partial charge >= 0.3 is 24.4 Å². The fourth-order valence-electron chi connectivity index (χ4n) is 2.32. The van der Waals surface area contributed by atoms with Crippen molar-refractivity contribution in [1.29, 1.82) is 0 Å². The molecule has 0 aliphatic rings. The summed E-state index contributed by atoms with van der Waals surface area (Å²) in [6.07, 6.45) is -12.5. The summed E-state index contributed by atoms with van der Waals surface area (Å²) >= 11 is 0. The van der Waals surface area contributed by atoms with E-state index < -0.39 is 65.6 Å². The Bertz CT molecular complexity index is 722. The molecule has 0 heterocycles. The van der Waals surface area contributed by atoms with Gasteiger partial charge in [-0.15, -0.1) is 0 Å². The van der Waals surface area contributed by atoms with Crippen LogP contribution in [0.5, 0.6) is 0 Å². The molecule has 1 amide bonds. The predicted octanol–water partition coefficient (Wildman–Crippen LogP) is 4.63. The Labute approximate surface area is 156 Å². The molecule has 0 saturated carbocycles. The number of carbonyl (C=O) groups excluding carboxylic acids is 1. The monoisotopic (exact) mass is 415 g/mol. The molecule has 1 unspecified atom stereocenters. The molecule has 0 aliphatic carbocycles. The number of ether oxygens (including phenoxy) is 1. The Morgan fingerprint density at radius 1 is 1.07 bits per heavy atom. The number of halogens is 6. The van der Waals surface area contributed by atoms with E-state index in [1.807, 2.05) is 0 Å². The van der Waals surface area contributed by atoms with Crippen molar-refractivity contribution in [2.24, 2.45) is 0 Å². The van der Waals surface area contributed by atoms with Gasteiger partial charge < -0.3 is 15.2 Å². The van der Waals surface area contributed by atoms with Crippen molar-refractivity contribution in [3.8, 4) is 0 Å². The summed E-state index contributed by atoms with van der Waals surface area (Å²) in [5, 5.41) is 11.1. The molecule has 0 fully saturated rings. The number of rotatable bonds is 5. The summed E-state index contributed by atoms with van der Waals surface area (Å²) in [4.78, 5) is 22.8. The third-order valence-electron chi connectivity index (χ3n) is 3.35. The highest BCUT2D eigenvalue weighted by Crippen LogP contribution is 2.37. The molecule has 1 aromatic rings. The lowest BCUT2D eigenvalue weighted by molar-refractivity contribution is -0.143.